The highest BCUT2D eigenvalue weighted by atomic mass is 35.5. The first kappa shape index (κ1) is 17.8. The number of nitrogens with one attached hydrogen (secondary N) is 2. The minimum absolute atomic E-state index is 0.0215. The van der Waals surface area contributed by atoms with Gasteiger partial charge in [-0.15, -0.1) is 0 Å². The molecule has 6 heteroatoms. The standard InChI is InChI=1S/C17H23ClN2O3/c1-12-4-5-14(13(18)10-12)20-15(21)6-9-19-16(22)17(11-23-2)7-3-8-17/h4-5,10H,3,6-9,11H2,1-2H3,(H,19,22)(H,20,21). The Morgan fingerprint density at radius 2 is 2.09 bits per heavy atom. The van der Waals surface area contributed by atoms with Crippen molar-refractivity contribution in [3.8, 4) is 0 Å². The van der Waals surface area contributed by atoms with Crippen molar-refractivity contribution in [2.75, 3.05) is 25.6 Å². The molecule has 0 atom stereocenters. The number of halogens is 1. The third-order valence-corrected chi connectivity index (χ3v) is 4.56. The number of amides is 2. The van der Waals surface area contributed by atoms with Crippen molar-refractivity contribution in [3.05, 3.63) is 28.8 Å². The summed E-state index contributed by atoms with van der Waals surface area (Å²) in [6.45, 7) is 2.67. The molecule has 0 bridgehead atoms. The Hall–Kier alpha value is -1.59. The van der Waals surface area contributed by atoms with E-state index >= 15 is 0 Å². The van der Waals surface area contributed by atoms with Crippen LogP contribution in [-0.4, -0.2) is 32.1 Å². The summed E-state index contributed by atoms with van der Waals surface area (Å²) >= 11 is 6.08. The maximum Gasteiger partial charge on any atom is 0.228 e. The Morgan fingerprint density at radius 1 is 1.35 bits per heavy atom. The lowest BCUT2D eigenvalue weighted by atomic mass is 9.68. The predicted molar refractivity (Wildman–Crippen MR) is 90.6 cm³/mol. The number of anilines is 1. The number of aryl methyl sites for hydroxylation is 1. The molecular formula is C17H23ClN2O3. The Labute approximate surface area is 141 Å². The van der Waals surface area contributed by atoms with Crippen LogP contribution in [0.15, 0.2) is 18.2 Å². The maximum absolute atomic E-state index is 12.2. The van der Waals surface area contributed by atoms with Gasteiger partial charge in [0.2, 0.25) is 11.8 Å². The smallest absolute Gasteiger partial charge is 0.228 e. The first-order valence-electron chi connectivity index (χ1n) is 7.80. The van der Waals surface area contributed by atoms with Crippen LogP contribution in [0.4, 0.5) is 5.69 Å². The fraction of sp³-hybridized carbons (Fsp3) is 0.529. The molecule has 0 unspecified atom stereocenters. The minimum atomic E-state index is -0.397. The molecule has 1 aromatic rings. The second kappa shape index (κ2) is 7.79. The van der Waals surface area contributed by atoms with Gasteiger partial charge in [-0.25, -0.2) is 0 Å². The van der Waals surface area contributed by atoms with Crippen molar-refractivity contribution < 1.29 is 14.3 Å². The van der Waals surface area contributed by atoms with E-state index in [9.17, 15) is 9.59 Å². The molecule has 0 spiro atoms. The highest BCUT2D eigenvalue weighted by Gasteiger charge is 2.43. The Kier molecular flexibility index (Phi) is 6.02. The minimum Gasteiger partial charge on any atom is -0.384 e. The molecule has 0 saturated heterocycles. The van der Waals surface area contributed by atoms with Gasteiger partial charge in [0.25, 0.3) is 0 Å². The van der Waals surface area contributed by atoms with E-state index in [1.165, 1.54) is 0 Å². The maximum atomic E-state index is 12.2. The van der Waals surface area contributed by atoms with E-state index in [0.717, 1.165) is 24.8 Å². The van der Waals surface area contributed by atoms with Gasteiger partial charge in [-0.1, -0.05) is 24.1 Å². The van der Waals surface area contributed by atoms with Crippen LogP contribution in [-0.2, 0) is 14.3 Å². The number of carbonyl (C=O) groups excluding carboxylic acids is 2. The van der Waals surface area contributed by atoms with Gasteiger partial charge in [-0.3, -0.25) is 9.59 Å². The summed E-state index contributed by atoms with van der Waals surface area (Å²) in [4.78, 5) is 24.2. The van der Waals surface area contributed by atoms with Crippen LogP contribution in [0.5, 0.6) is 0 Å². The first-order valence-corrected chi connectivity index (χ1v) is 8.18. The molecule has 2 rings (SSSR count). The topological polar surface area (TPSA) is 67.4 Å². The molecule has 1 fully saturated rings. The van der Waals surface area contributed by atoms with Gasteiger partial charge in [0.05, 0.1) is 22.7 Å². The monoisotopic (exact) mass is 338 g/mol. The Balaban J connectivity index is 1.77. The largest absolute Gasteiger partial charge is 0.384 e. The summed E-state index contributed by atoms with van der Waals surface area (Å²) in [5, 5.41) is 6.10. The summed E-state index contributed by atoms with van der Waals surface area (Å²) in [6.07, 6.45) is 2.94. The lowest BCUT2D eigenvalue weighted by Gasteiger charge is -2.39. The van der Waals surface area contributed by atoms with Gasteiger partial charge >= 0.3 is 0 Å². The molecule has 0 aliphatic heterocycles. The zero-order chi connectivity index (χ0) is 16.9. The molecule has 1 aliphatic carbocycles. The molecule has 0 heterocycles. The van der Waals surface area contributed by atoms with E-state index in [1.807, 2.05) is 13.0 Å². The van der Waals surface area contributed by atoms with Crippen LogP contribution in [0.1, 0.15) is 31.2 Å². The van der Waals surface area contributed by atoms with Crippen LogP contribution in [0.3, 0.4) is 0 Å². The third kappa shape index (κ3) is 4.45. The molecule has 126 valence electrons. The summed E-state index contributed by atoms with van der Waals surface area (Å²) in [7, 11) is 1.60. The van der Waals surface area contributed by atoms with Crippen molar-refractivity contribution in [2.45, 2.75) is 32.6 Å². The van der Waals surface area contributed by atoms with E-state index in [2.05, 4.69) is 10.6 Å². The van der Waals surface area contributed by atoms with Gasteiger partial charge in [-0.2, -0.15) is 0 Å². The summed E-state index contributed by atoms with van der Waals surface area (Å²) in [6, 6.07) is 5.45. The summed E-state index contributed by atoms with van der Waals surface area (Å²) in [5.74, 6) is -0.197. The highest BCUT2D eigenvalue weighted by molar-refractivity contribution is 6.33. The fourth-order valence-corrected chi connectivity index (χ4v) is 3.01. The van der Waals surface area contributed by atoms with Crippen molar-refractivity contribution in [3.63, 3.8) is 0 Å². The van der Waals surface area contributed by atoms with Gasteiger partial charge in [0, 0.05) is 20.1 Å². The Bertz CT molecular complexity index is 585. The number of benzene rings is 1. The molecule has 2 N–H and O–H groups in total. The van der Waals surface area contributed by atoms with Crippen LogP contribution < -0.4 is 10.6 Å². The van der Waals surface area contributed by atoms with Gasteiger partial charge < -0.3 is 15.4 Å². The van der Waals surface area contributed by atoms with E-state index in [1.54, 1.807) is 19.2 Å². The molecule has 1 aromatic carbocycles. The average Bonchev–Trinajstić information content (AvgIpc) is 2.45. The number of ether oxygens (including phenoxy) is 1. The number of rotatable bonds is 7. The van der Waals surface area contributed by atoms with E-state index in [4.69, 9.17) is 16.3 Å². The average molecular weight is 339 g/mol. The normalized spacial score (nSPS) is 15.6. The predicted octanol–water partition coefficient (Wildman–Crippen LogP) is 2.91. The summed E-state index contributed by atoms with van der Waals surface area (Å²) in [5.41, 5.74) is 1.22. The number of hydrogen-bond donors (Lipinski definition) is 2. The molecule has 2 amide bonds. The number of methoxy groups -OCH3 is 1. The first-order chi connectivity index (χ1) is 11.0. The van der Waals surface area contributed by atoms with Crippen molar-refractivity contribution in [1.29, 1.82) is 0 Å². The third-order valence-electron chi connectivity index (χ3n) is 4.25. The molecule has 23 heavy (non-hydrogen) atoms. The SMILES string of the molecule is COCC1(C(=O)NCCC(=O)Nc2ccc(C)cc2Cl)CCC1. The molecule has 5 nitrogen and oxygen atoms in total. The lowest BCUT2D eigenvalue weighted by molar-refractivity contribution is -0.140. The second-order valence-corrected chi connectivity index (χ2v) is 6.51. The van der Waals surface area contributed by atoms with Gasteiger partial charge in [-0.05, 0) is 37.5 Å². The number of hydrogen-bond acceptors (Lipinski definition) is 3. The van der Waals surface area contributed by atoms with Crippen molar-refractivity contribution in [2.24, 2.45) is 5.41 Å². The van der Waals surface area contributed by atoms with Crippen molar-refractivity contribution in [1.82, 2.24) is 5.32 Å². The molecule has 1 saturated carbocycles. The van der Waals surface area contributed by atoms with Gasteiger partial charge in [0.15, 0.2) is 0 Å². The quantitative estimate of drug-likeness (QED) is 0.803. The zero-order valence-corrected chi connectivity index (χ0v) is 14.3. The van der Waals surface area contributed by atoms with Crippen LogP contribution >= 0.6 is 11.6 Å². The Morgan fingerprint density at radius 3 is 2.65 bits per heavy atom. The second-order valence-electron chi connectivity index (χ2n) is 6.10. The fourth-order valence-electron chi connectivity index (χ4n) is 2.73. The van der Waals surface area contributed by atoms with Crippen LogP contribution in [0.25, 0.3) is 0 Å². The molecular weight excluding hydrogens is 316 g/mol. The van der Waals surface area contributed by atoms with E-state index in [-0.39, 0.29) is 18.2 Å². The van der Waals surface area contributed by atoms with Crippen LogP contribution in [0, 0.1) is 12.3 Å². The van der Waals surface area contributed by atoms with E-state index in [0.29, 0.717) is 23.9 Å². The zero-order valence-electron chi connectivity index (χ0n) is 13.6. The molecule has 0 aromatic heterocycles. The summed E-state index contributed by atoms with van der Waals surface area (Å²) < 4.78 is 5.14. The van der Waals surface area contributed by atoms with Gasteiger partial charge in [0.1, 0.15) is 0 Å². The van der Waals surface area contributed by atoms with Crippen molar-refractivity contribution >= 4 is 29.1 Å². The van der Waals surface area contributed by atoms with E-state index < -0.39 is 5.41 Å². The molecule has 1 aliphatic rings. The molecule has 0 radical (unpaired) electrons. The lowest BCUT2D eigenvalue weighted by Crippen LogP contribution is -2.49. The van der Waals surface area contributed by atoms with Crippen LogP contribution in [0.2, 0.25) is 5.02 Å². The number of carbonyl (C=O) groups is 2. The highest BCUT2D eigenvalue weighted by Crippen LogP contribution is 2.41.